The molecule has 8 nitrogen and oxygen atoms in total. The lowest BCUT2D eigenvalue weighted by Gasteiger charge is -2.33. The molecular weight excluding hydrogens is 284 g/mol. The van der Waals surface area contributed by atoms with Gasteiger partial charge in [-0.1, -0.05) is 0 Å². The largest absolute Gasteiger partial charge is 0.374 e. The first-order chi connectivity index (χ1) is 10.8. The van der Waals surface area contributed by atoms with Gasteiger partial charge >= 0.3 is 0 Å². The molecule has 8 heteroatoms. The molecule has 0 radical (unpaired) electrons. The van der Waals surface area contributed by atoms with Gasteiger partial charge in [0.15, 0.2) is 0 Å². The number of hydrogen-bond donors (Lipinski definition) is 1. The fraction of sp³-hybridized carbons (Fsp3) is 0.786. The molecule has 0 spiro atoms. The van der Waals surface area contributed by atoms with Crippen molar-refractivity contribution in [1.82, 2.24) is 29.9 Å². The van der Waals surface area contributed by atoms with Crippen LogP contribution in [-0.4, -0.2) is 89.0 Å². The van der Waals surface area contributed by atoms with Crippen LogP contribution in [0.4, 0.5) is 0 Å². The summed E-state index contributed by atoms with van der Waals surface area (Å²) in [4.78, 5) is 20.4. The van der Waals surface area contributed by atoms with Crippen LogP contribution in [0.25, 0.3) is 0 Å². The van der Waals surface area contributed by atoms with Crippen molar-refractivity contribution in [2.75, 3.05) is 52.4 Å². The van der Waals surface area contributed by atoms with E-state index in [1.165, 1.54) is 6.33 Å². The van der Waals surface area contributed by atoms with Crippen molar-refractivity contribution < 1.29 is 9.53 Å². The van der Waals surface area contributed by atoms with Crippen LogP contribution in [0.2, 0.25) is 0 Å². The molecule has 3 rings (SSSR count). The molecule has 1 unspecified atom stereocenters. The van der Waals surface area contributed by atoms with Crippen molar-refractivity contribution in [1.29, 1.82) is 0 Å². The van der Waals surface area contributed by atoms with Crippen molar-refractivity contribution in [2.45, 2.75) is 19.1 Å². The summed E-state index contributed by atoms with van der Waals surface area (Å²) in [6, 6.07) is 0. The molecule has 22 heavy (non-hydrogen) atoms. The Hall–Kier alpha value is -1.51. The second-order valence-corrected chi connectivity index (χ2v) is 5.79. The van der Waals surface area contributed by atoms with Crippen molar-refractivity contribution >= 4 is 5.91 Å². The zero-order chi connectivity index (χ0) is 15.2. The number of hydrogen-bond acceptors (Lipinski definition) is 6. The predicted molar refractivity (Wildman–Crippen MR) is 80.3 cm³/mol. The van der Waals surface area contributed by atoms with E-state index in [0.29, 0.717) is 19.6 Å². The number of carbonyl (C=O) groups is 1. The van der Waals surface area contributed by atoms with Crippen LogP contribution in [-0.2, 0) is 16.1 Å². The number of ether oxygens (including phenoxy) is 1. The van der Waals surface area contributed by atoms with Crippen molar-refractivity contribution in [3.05, 3.63) is 12.7 Å². The summed E-state index contributed by atoms with van der Waals surface area (Å²) in [5.41, 5.74) is 0. The number of morpholine rings is 1. The lowest BCUT2D eigenvalue weighted by Crippen LogP contribution is -2.48. The fourth-order valence-corrected chi connectivity index (χ4v) is 2.96. The van der Waals surface area contributed by atoms with E-state index in [1.54, 1.807) is 11.0 Å². The Morgan fingerprint density at radius 2 is 2.18 bits per heavy atom. The minimum Gasteiger partial charge on any atom is -0.374 e. The van der Waals surface area contributed by atoms with Crippen LogP contribution < -0.4 is 5.32 Å². The topological polar surface area (TPSA) is 75.5 Å². The van der Waals surface area contributed by atoms with E-state index in [0.717, 1.165) is 45.8 Å². The Kier molecular flexibility index (Phi) is 5.36. The second-order valence-electron chi connectivity index (χ2n) is 5.79. The van der Waals surface area contributed by atoms with E-state index < -0.39 is 0 Å². The second kappa shape index (κ2) is 7.66. The Labute approximate surface area is 130 Å². The summed E-state index contributed by atoms with van der Waals surface area (Å²) in [6.45, 7) is 7.43. The smallest absolute Gasteiger partial charge is 0.223 e. The van der Waals surface area contributed by atoms with Gasteiger partial charge in [0.1, 0.15) is 12.7 Å². The summed E-state index contributed by atoms with van der Waals surface area (Å²) in [6.07, 6.45) is 3.95. The minimum atomic E-state index is 0.115. The molecular formula is C14H24N6O2. The molecule has 0 aliphatic carbocycles. The van der Waals surface area contributed by atoms with Crippen LogP contribution in [0.15, 0.2) is 12.7 Å². The highest BCUT2D eigenvalue weighted by Crippen LogP contribution is 2.08. The quantitative estimate of drug-likeness (QED) is 0.736. The van der Waals surface area contributed by atoms with Gasteiger partial charge in [-0.2, -0.15) is 5.10 Å². The maximum Gasteiger partial charge on any atom is 0.223 e. The van der Waals surface area contributed by atoms with E-state index in [1.807, 2.05) is 4.90 Å². The molecule has 1 aromatic rings. The van der Waals surface area contributed by atoms with Crippen LogP contribution in [0.1, 0.15) is 6.42 Å². The molecule has 0 saturated carbocycles. The van der Waals surface area contributed by atoms with Crippen LogP contribution >= 0.6 is 0 Å². The minimum absolute atomic E-state index is 0.115. The van der Waals surface area contributed by atoms with Gasteiger partial charge < -0.3 is 15.0 Å². The van der Waals surface area contributed by atoms with Gasteiger partial charge in [-0.3, -0.25) is 14.4 Å². The van der Waals surface area contributed by atoms with E-state index >= 15 is 0 Å². The lowest BCUT2D eigenvalue weighted by molar-refractivity contribution is -0.132. The number of nitrogens with zero attached hydrogens (tertiary/aromatic N) is 5. The number of nitrogens with one attached hydrogen (secondary N) is 1. The summed E-state index contributed by atoms with van der Waals surface area (Å²) in [5, 5.41) is 7.38. The van der Waals surface area contributed by atoms with Crippen molar-refractivity contribution in [2.24, 2.45) is 0 Å². The number of aromatic nitrogens is 3. The number of amides is 1. The summed E-state index contributed by atoms with van der Waals surface area (Å²) >= 11 is 0. The molecule has 2 saturated heterocycles. The number of piperazine rings is 1. The average Bonchev–Trinajstić information content (AvgIpc) is 3.07. The maximum absolute atomic E-state index is 12.2. The third-order valence-electron chi connectivity index (χ3n) is 4.19. The molecule has 2 aliphatic heterocycles. The molecule has 3 heterocycles. The maximum atomic E-state index is 12.2. The van der Waals surface area contributed by atoms with Gasteiger partial charge in [-0.25, -0.2) is 4.98 Å². The fourth-order valence-electron chi connectivity index (χ4n) is 2.96. The van der Waals surface area contributed by atoms with Gasteiger partial charge in [0, 0.05) is 52.2 Å². The van der Waals surface area contributed by atoms with Crippen LogP contribution in [0.5, 0.6) is 0 Å². The lowest BCUT2D eigenvalue weighted by atomic mass is 10.2. The van der Waals surface area contributed by atoms with Crippen LogP contribution in [0, 0.1) is 0 Å². The third-order valence-corrected chi connectivity index (χ3v) is 4.19. The normalized spacial score (nSPS) is 23.6. The van der Waals surface area contributed by atoms with E-state index in [4.69, 9.17) is 4.74 Å². The van der Waals surface area contributed by atoms with Gasteiger partial charge in [-0.05, 0) is 0 Å². The Morgan fingerprint density at radius 1 is 1.32 bits per heavy atom. The average molecular weight is 308 g/mol. The predicted octanol–water partition coefficient (Wildman–Crippen LogP) is -1.20. The first-order valence-corrected chi connectivity index (χ1v) is 7.96. The zero-order valence-corrected chi connectivity index (χ0v) is 12.9. The summed E-state index contributed by atoms with van der Waals surface area (Å²) in [5.74, 6) is 0.265. The molecule has 1 N–H and O–H groups in total. The SMILES string of the molecule is O=C(CCN1CCOC(Cn2cncn2)C1)N1CCNCC1. The first-order valence-electron chi connectivity index (χ1n) is 7.96. The van der Waals surface area contributed by atoms with Gasteiger partial charge in [0.2, 0.25) is 5.91 Å². The monoisotopic (exact) mass is 308 g/mol. The number of rotatable bonds is 5. The molecule has 122 valence electrons. The molecule has 0 bridgehead atoms. The van der Waals surface area contributed by atoms with Crippen molar-refractivity contribution in [3.8, 4) is 0 Å². The van der Waals surface area contributed by atoms with E-state index in [-0.39, 0.29) is 12.0 Å². The van der Waals surface area contributed by atoms with Gasteiger partial charge in [-0.15, -0.1) is 0 Å². The molecule has 1 amide bonds. The number of carbonyl (C=O) groups excluding carboxylic acids is 1. The van der Waals surface area contributed by atoms with E-state index in [9.17, 15) is 4.79 Å². The molecule has 2 aliphatic rings. The van der Waals surface area contributed by atoms with Crippen LogP contribution in [0.3, 0.4) is 0 Å². The Morgan fingerprint density at radius 3 is 2.95 bits per heavy atom. The highest BCUT2D eigenvalue weighted by atomic mass is 16.5. The van der Waals surface area contributed by atoms with Gasteiger partial charge in [0.05, 0.1) is 19.3 Å². The Bertz CT molecular complexity index is 460. The van der Waals surface area contributed by atoms with E-state index in [2.05, 4.69) is 20.3 Å². The zero-order valence-electron chi connectivity index (χ0n) is 12.9. The molecule has 1 aromatic heterocycles. The van der Waals surface area contributed by atoms with Gasteiger partial charge in [0.25, 0.3) is 0 Å². The summed E-state index contributed by atoms with van der Waals surface area (Å²) < 4.78 is 7.56. The Balaban J connectivity index is 1.41. The summed E-state index contributed by atoms with van der Waals surface area (Å²) in [7, 11) is 0. The molecule has 2 fully saturated rings. The molecule has 0 aromatic carbocycles. The highest BCUT2D eigenvalue weighted by Gasteiger charge is 2.23. The molecule has 1 atom stereocenters. The standard InChI is InChI=1S/C14H24N6O2/c21-14(19-5-2-15-3-6-19)1-4-18-7-8-22-13(9-18)10-20-12-16-11-17-20/h11-13,15H,1-10H2. The highest BCUT2D eigenvalue weighted by molar-refractivity contribution is 5.76. The van der Waals surface area contributed by atoms with Crippen molar-refractivity contribution in [3.63, 3.8) is 0 Å². The third kappa shape index (κ3) is 4.25. The first kappa shape index (κ1) is 15.4.